The minimum atomic E-state index is -0.500. The van der Waals surface area contributed by atoms with Crippen LogP contribution in [0.4, 0.5) is 0 Å². The molecule has 124 valence electrons. The van der Waals surface area contributed by atoms with E-state index in [-0.39, 0.29) is 11.3 Å². The first-order valence-electron chi connectivity index (χ1n) is 7.94. The summed E-state index contributed by atoms with van der Waals surface area (Å²) in [7, 11) is 0. The molecule has 0 saturated heterocycles. The molecule has 0 aliphatic heterocycles. The SMILES string of the molecule is CC[NH+](CC)CCOC(=O)c1ccc(OCC(C)C)cc1O. The van der Waals surface area contributed by atoms with Crippen LogP contribution in [0.5, 0.6) is 11.5 Å². The molecule has 0 atom stereocenters. The molecule has 1 aromatic carbocycles. The van der Waals surface area contributed by atoms with Crippen molar-refractivity contribution in [3.8, 4) is 11.5 Å². The highest BCUT2D eigenvalue weighted by Gasteiger charge is 2.14. The van der Waals surface area contributed by atoms with E-state index in [0.29, 0.717) is 24.9 Å². The number of esters is 1. The summed E-state index contributed by atoms with van der Waals surface area (Å²) in [6.07, 6.45) is 0. The summed E-state index contributed by atoms with van der Waals surface area (Å²) < 4.78 is 10.7. The number of nitrogens with one attached hydrogen (secondary N) is 1. The van der Waals surface area contributed by atoms with Crippen LogP contribution >= 0.6 is 0 Å². The smallest absolute Gasteiger partial charge is 0.342 e. The van der Waals surface area contributed by atoms with Gasteiger partial charge >= 0.3 is 5.97 Å². The molecule has 1 aromatic rings. The standard InChI is InChI=1S/C17H27NO4/c1-5-18(6-2)9-10-21-17(20)15-8-7-14(11-16(15)19)22-12-13(3)4/h7-8,11,13,19H,5-6,9-10,12H2,1-4H3/p+1. The maximum atomic E-state index is 12.0. The highest BCUT2D eigenvalue weighted by atomic mass is 16.5. The number of carbonyl (C=O) groups excluding carboxylic acids is 1. The molecule has 0 radical (unpaired) electrons. The number of hydrogen-bond acceptors (Lipinski definition) is 4. The van der Waals surface area contributed by atoms with Gasteiger partial charge < -0.3 is 19.5 Å². The molecule has 0 heterocycles. The molecule has 5 heteroatoms. The highest BCUT2D eigenvalue weighted by Crippen LogP contribution is 2.24. The lowest BCUT2D eigenvalue weighted by atomic mass is 10.2. The molecule has 0 amide bonds. The van der Waals surface area contributed by atoms with Gasteiger partial charge in [-0.25, -0.2) is 4.79 Å². The average Bonchev–Trinajstić information content (AvgIpc) is 2.49. The van der Waals surface area contributed by atoms with Gasteiger partial charge in [0, 0.05) is 6.07 Å². The van der Waals surface area contributed by atoms with Crippen molar-refractivity contribution >= 4 is 5.97 Å². The van der Waals surface area contributed by atoms with E-state index < -0.39 is 5.97 Å². The van der Waals surface area contributed by atoms with Crippen LogP contribution in [0.15, 0.2) is 18.2 Å². The first-order chi connectivity index (χ1) is 10.5. The van der Waals surface area contributed by atoms with E-state index in [1.165, 1.54) is 17.0 Å². The monoisotopic (exact) mass is 310 g/mol. The van der Waals surface area contributed by atoms with Crippen LogP contribution in [0.25, 0.3) is 0 Å². The highest BCUT2D eigenvalue weighted by molar-refractivity contribution is 5.92. The zero-order valence-corrected chi connectivity index (χ0v) is 14.0. The molecule has 0 aromatic heterocycles. The Bertz CT molecular complexity index is 470. The number of benzene rings is 1. The van der Waals surface area contributed by atoms with Gasteiger partial charge in [-0.05, 0) is 31.9 Å². The number of carbonyl (C=O) groups is 1. The number of phenols is 1. The number of phenolic OH excluding ortho intramolecular Hbond substituents is 1. The Morgan fingerprint density at radius 3 is 2.50 bits per heavy atom. The second-order valence-corrected chi connectivity index (χ2v) is 5.73. The van der Waals surface area contributed by atoms with Crippen molar-refractivity contribution in [2.75, 3.05) is 32.8 Å². The summed E-state index contributed by atoms with van der Waals surface area (Å²) >= 11 is 0. The fraction of sp³-hybridized carbons (Fsp3) is 0.588. The fourth-order valence-corrected chi connectivity index (χ4v) is 2.01. The fourth-order valence-electron chi connectivity index (χ4n) is 2.01. The molecule has 0 unspecified atom stereocenters. The second kappa shape index (κ2) is 9.30. The van der Waals surface area contributed by atoms with Crippen molar-refractivity contribution in [1.82, 2.24) is 0 Å². The van der Waals surface area contributed by atoms with Gasteiger partial charge in [0.05, 0.1) is 19.7 Å². The molecule has 2 N–H and O–H groups in total. The number of aromatic hydroxyl groups is 1. The van der Waals surface area contributed by atoms with Crippen LogP contribution in [-0.2, 0) is 4.74 Å². The lowest BCUT2D eigenvalue weighted by molar-refractivity contribution is -0.896. The third kappa shape index (κ3) is 5.93. The number of rotatable bonds is 9. The molecule has 0 aliphatic carbocycles. The first-order valence-corrected chi connectivity index (χ1v) is 7.94. The third-order valence-electron chi connectivity index (χ3n) is 3.46. The molecule has 0 fully saturated rings. The Balaban J connectivity index is 2.55. The van der Waals surface area contributed by atoms with Gasteiger partial charge in [0.1, 0.15) is 30.2 Å². The van der Waals surface area contributed by atoms with Gasteiger partial charge in [0.25, 0.3) is 0 Å². The van der Waals surface area contributed by atoms with Crippen molar-refractivity contribution in [1.29, 1.82) is 0 Å². The molecule has 5 nitrogen and oxygen atoms in total. The number of hydrogen-bond donors (Lipinski definition) is 2. The molecular formula is C17H28NO4+. The zero-order valence-electron chi connectivity index (χ0n) is 14.0. The Morgan fingerprint density at radius 1 is 1.27 bits per heavy atom. The number of likely N-dealkylation sites (N-methyl/N-ethyl adjacent to an activating group) is 1. The van der Waals surface area contributed by atoms with Crippen LogP contribution in [0, 0.1) is 5.92 Å². The van der Waals surface area contributed by atoms with Crippen molar-refractivity contribution in [3.63, 3.8) is 0 Å². The largest absolute Gasteiger partial charge is 0.507 e. The molecule has 0 bridgehead atoms. The maximum absolute atomic E-state index is 12.0. The molecule has 0 aliphatic rings. The Kier molecular flexibility index (Phi) is 7.74. The predicted octanol–water partition coefficient (Wildman–Crippen LogP) is 1.51. The number of ether oxygens (including phenoxy) is 2. The minimum absolute atomic E-state index is 0.110. The normalized spacial score (nSPS) is 11.0. The van der Waals surface area contributed by atoms with E-state index in [9.17, 15) is 9.90 Å². The van der Waals surface area contributed by atoms with Crippen LogP contribution in [-0.4, -0.2) is 43.9 Å². The summed E-state index contributed by atoms with van der Waals surface area (Å²) in [6.45, 7) is 12.0. The van der Waals surface area contributed by atoms with E-state index in [4.69, 9.17) is 9.47 Å². The Morgan fingerprint density at radius 2 is 1.95 bits per heavy atom. The van der Waals surface area contributed by atoms with Crippen LogP contribution < -0.4 is 9.64 Å². The molecule has 1 rings (SSSR count). The van der Waals surface area contributed by atoms with Crippen molar-refractivity contribution < 1.29 is 24.3 Å². The first kappa shape index (κ1) is 18.3. The van der Waals surface area contributed by atoms with E-state index >= 15 is 0 Å². The van der Waals surface area contributed by atoms with Crippen molar-refractivity contribution in [2.24, 2.45) is 5.92 Å². The van der Waals surface area contributed by atoms with Gasteiger partial charge in [-0.15, -0.1) is 0 Å². The van der Waals surface area contributed by atoms with Gasteiger partial charge in [0.15, 0.2) is 0 Å². The minimum Gasteiger partial charge on any atom is -0.507 e. The summed E-state index contributed by atoms with van der Waals surface area (Å²) in [4.78, 5) is 13.3. The van der Waals surface area contributed by atoms with Crippen LogP contribution in [0.3, 0.4) is 0 Å². The van der Waals surface area contributed by atoms with E-state index in [1.807, 2.05) is 13.8 Å². The van der Waals surface area contributed by atoms with E-state index in [1.54, 1.807) is 6.07 Å². The predicted molar refractivity (Wildman–Crippen MR) is 85.6 cm³/mol. The van der Waals surface area contributed by atoms with Gasteiger partial charge in [-0.1, -0.05) is 13.8 Å². The quantitative estimate of drug-likeness (QED) is 0.679. The maximum Gasteiger partial charge on any atom is 0.342 e. The summed E-state index contributed by atoms with van der Waals surface area (Å²) in [6, 6.07) is 4.67. The summed E-state index contributed by atoms with van der Waals surface area (Å²) in [5, 5.41) is 9.94. The average molecular weight is 310 g/mol. The zero-order chi connectivity index (χ0) is 16.5. The third-order valence-corrected chi connectivity index (χ3v) is 3.46. The van der Waals surface area contributed by atoms with Gasteiger partial charge in [0.2, 0.25) is 0 Å². The van der Waals surface area contributed by atoms with Crippen LogP contribution in [0.1, 0.15) is 38.1 Å². The molecular weight excluding hydrogens is 282 g/mol. The molecule has 0 saturated carbocycles. The Labute approximate surface area is 132 Å². The van der Waals surface area contributed by atoms with E-state index in [2.05, 4.69) is 13.8 Å². The lowest BCUT2D eigenvalue weighted by Crippen LogP contribution is -3.11. The Hall–Kier alpha value is -1.75. The topological polar surface area (TPSA) is 60.2 Å². The van der Waals surface area contributed by atoms with Gasteiger partial charge in [-0.2, -0.15) is 0 Å². The van der Waals surface area contributed by atoms with E-state index in [0.717, 1.165) is 19.6 Å². The number of quaternary nitrogens is 1. The second-order valence-electron chi connectivity index (χ2n) is 5.73. The molecule has 0 spiro atoms. The summed E-state index contributed by atoms with van der Waals surface area (Å²) in [5.74, 6) is 0.339. The van der Waals surface area contributed by atoms with Crippen molar-refractivity contribution in [3.05, 3.63) is 23.8 Å². The van der Waals surface area contributed by atoms with Crippen LogP contribution in [0.2, 0.25) is 0 Å². The van der Waals surface area contributed by atoms with Gasteiger partial charge in [-0.3, -0.25) is 0 Å². The summed E-state index contributed by atoms with van der Waals surface area (Å²) in [5.41, 5.74) is 0.173. The lowest BCUT2D eigenvalue weighted by Gasteiger charge is -2.15. The van der Waals surface area contributed by atoms with Crippen molar-refractivity contribution in [2.45, 2.75) is 27.7 Å². The molecule has 22 heavy (non-hydrogen) atoms.